The van der Waals surface area contributed by atoms with Crippen LogP contribution in [0.15, 0.2) is 48.6 Å². The largest absolute Gasteiger partial charge is 0.472 e. The van der Waals surface area contributed by atoms with Gasteiger partial charge in [0.2, 0.25) is 0 Å². The quantitative estimate of drug-likeness (QED) is 0.0273. The van der Waals surface area contributed by atoms with Crippen molar-refractivity contribution in [2.75, 3.05) is 26.4 Å². The first-order valence-electron chi connectivity index (χ1n) is 20.6. The Kier molecular flexibility index (Phi) is 37.2. The van der Waals surface area contributed by atoms with Crippen LogP contribution in [-0.2, 0) is 32.7 Å². The molecule has 0 aromatic heterocycles. The van der Waals surface area contributed by atoms with Crippen LogP contribution >= 0.6 is 7.82 Å². The molecule has 0 fully saturated rings. The number of carbonyl (C=O) groups excluding carboxylic acids is 2. The Morgan fingerprint density at radius 2 is 1.02 bits per heavy atom. The number of hydrogen-bond acceptors (Lipinski definition) is 8. The van der Waals surface area contributed by atoms with Crippen LogP contribution in [0, 0.1) is 0 Å². The molecule has 0 aliphatic carbocycles. The molecule has 0 aromatic rings. The molecule has 0 spiro atoms. The summed E-state index contributed by atoms with van der Waals surface area (Å²) in [4.78, 5) is 34.7. The van der Waals surface area contributed by atoms with Crippen molar-refractivity contribution in [3.05, 3.63) is 48.6 Å². The maximum absolute atomic E-state index is 12.5. The highest BCUT2D eigenvalue weighted by Gasteiger charge is 2.25. The van der Waals surface area contributed by atoms with Gasteiger partial charge in [0, 0.05) is 19.4 Å². The van der Waals surface area contributed by atoms with E-state index in [0.717, 1.165) is 44.9 Å². The Morgan fingerprint density at radius 3 is 1.54 bits per heavy atom. The summed E-state index contributed by atoms with van der Waals surface area (Å²) >= 11 is 0. The van der Waals surface area contributed by atoms with Gasteiger partial charge in [0.15, 0.2) is 6.10 Å². The average molecular weight is 754 g/mol. The van der Waals surface area contributed by atoms with Crippen molar-refractivity contribution in [3.8, 4) is 0 Å². The van der Waals surface area contributed by atoms with E-state index in [1.54, 1.807) is 0 Å². The molecule has 0 saturated carbocycles. The summed E-state index contributed by atoms with van der Waals surface area (Å²) in [5.41, 5.74) is 5.33. The molecule has 52 heavy (non-hydrogen) atoms. The van der Waals surface area contributed by atoms with Crippen LogP contribution in [0.5, 0.6) is 0 Å². The van der Waals surface area contributed by atoms with Crippen LogP contribution < -0.4 is 5.73 Å². The summed E-state index contributed by atoms with van der Waals surface area (Å²) in [5, 5.41) is 0. The second-order valence-electron chi connectivity index (χ2n) is 13.5. The van der Waals surface area contributed by atoms with Crippen molar-refractivity contribution in [1.82, 2.24) is 0 Å². The standard InChI is InChI=1S/C42H76NO8P/c1-3-5-7-9-11-13-15-16-17-18-19-20-21-22-23-24-25-27-28-30-32-34-41(44)48-38-40(39-50-52(46,47)49-37-36-43)51-42(45)35-33-31-29-26-14-12-10-8-6-4-2/h17-18,20-21,23-24,27-28,40H,3-16,19,22,25-26,29-39,43H2,1-2H3,(H,46,47)/b18-17+,21-20+,24-23+,28-27+/t40-/m0/s1. The van der Waals surface area contributed by atoms with Gasteiger partial charge in [-0.3, -0.25) is 18.6 Å². The van der Waals surface area contributed by atoms with Gasteiger partial charge < -0.3 is 20.1 Å². The number of unbranched alkanes of at least 4 members (excludes halogenated alkanes) is 17. The summed E-state index contributed by atoms with van der Waals surface area (Å²) < 4.78 is 32.6. The summed E-state index contributed by atoms with van der Waals surface area (Å²) in [5.74, 6) is -0.897. The average Bonchev–Trinajstić information content (AvgIpc) is 3.13. The first kappa shape index (κ1) is 50.0. The van der Waals surface area contributed by atoms with Crippen LogP contribution in [0.2, 0.25) is 0 Å². The lowest BCUT2D eigenvalue weighted by Gasteiger charge is -2.19. The van der Waals surface area contributed by atoms with Crippen LogP contribution in [0.4, 0.5) is 0 Å². The van der Waals surface area contributed by atoms with E-state index in [4.69, 9.17) is 24.3 Å². The van der Waals surface area contributed by atoms with Crippen molar-refractivity contribution in [2.24, 2.45) is 5.73 Å². The highest BCUT2D eigenvalue weighted by Crippen LogP contribution is 2.43. The number of allylic oxidation sites excluding steroid dienone is 8. The summed E-state index contributed by atoms with van der Waals surface area (Å²) in [6.07, 6.45) is 43.0. The fraction of sp³-hybridized carbons (Fsp3) is 0.762. The number of esters is 2. The molecule has 302 valence electrons. The van der Waals surface area contributed by atoms with Crippen molar-refractivity contribution < 1.29 is 37.6 Å². The summed E-state index contributed by atoms with van der Waals surface area (Å²) in [6.45, 7) is 3.64. The van der Waals surface area contributed by atoms with E-state index in [9.17, 15) is 19.0 Å². The second-order valence-corrected chi connectivity index (χ2v) is 15.0. The number of ether oxygens (including phenoxy) is 2. The third kappa shape index (κ3) is 37.7. The minimum atomic E-state index is -4.38. The zero-order chi connectivity index (χ0) is 38.2. The summed E-state index contributed by atoms with van der Waals surface area (Å²) in [6, 6.07) is 0. The third-order valence-corrected chi connectivity index (χ3v) is 9.45. The number of rotatable bonds is 38. The smallest absolute Gasteiger partial charge is 0.462 e. The molecule has 9 nitrogen and oxygen atoms in total. The number of nitrogens with two attached hydrogens (primary N) is 1. The highest BCUT2D eigenvalue weighted by molar-refractivity contribution is 7.47. The Balaban J connectivity index is 4.23. The normalized spacial score (nSPS) is 13.8. The van der Waals surface area contributed by atoms with E-state index >= 15 is 0 Å². The van der Waals surface area contributed by atoms with E-state index in [-0.39, 0.29) is 32.6 Å². The van der Waals surface area contributed by atoms with Crippen molar-refractivity contribution >= 4 is 19.8 Å². The topological polar surface area (TPSA) is 134 Å². The molecule has 1 unspecified atom stereocenters. The Hall–Kier alpha value is -2.03. The van der Waals surface area contributed by atoms with Gasteiger partial charge in [0.25, 0.3) is 0 Å². The van der Waals surface area contributed by atoms with Gasteiger partial charge in [-0.05, 0) is 51.4 Å². The molecular formula is C42H76NO8P. The van der Waals surface area contributed by atoms with Gasteiger partial charge in [-0.25, -0.2) is 4.57 Å². The minimum Gasteiger partial charge on any atom is -0.462 e. The second kappa shape index (κ2) is 38.7. The fourth-order valence-corrected chi connectivity index (χ4v) is 6.16. The first-order valence-corrected chi connectivity index (χ1v) is 22.1. The van der Waals surface area contributed by atoms with Crippen LogP contribution in [0.25, 0.3) is 0 Å². The monoisotopic (exact) mass is 754 g/mol. The molecule has 0 heterocycles. The fourth-order valence-electron chi connectivity index (χ4n) is 5.39. The lowest BCUT2D eigenvalue weighted by Crippen LogP contribution is -2.29. The Bertz CT molecular complexity index is 996. The van der Waals surface area contributed by atoms with Gasteiger partial charge in [-0.15, -0.1) is 0 Å². The molecule has 0 bridgehead atoms. The lowest BCUT2D eigenvalue weighted by molar-refractivity contribution is -0.161. The van der Waals surface area contributed by atoms with Gasteiger partial charge in [0.05, 0.1) is 13.2 Å². The first-order chi connectivity index (χ1) is 25.3. The molecule has 10 heteroatoms. The predicted molar refractivity (Wildman–Crippen MR) is 215 cm³/mol. The van der Waals surface area contributed by atoms with Crippen LogP contribution in [-0.4, -0.2) is 49.3 Å². The molecule has 0 amide bonds. The maximum atomic E-state index is 12.5. The number of phosphoric acid groups is 1. The van der Waals surface area contributed by atoms with Crippen LogP contribution in [0.1, 0.15) is 174 Å². The molecule has 0 aromatic carbocycles. The zero-order valence-corrected chi connectivity index (χ0v) is 33.9. The third-order valence-electron chi connectivity index (χ3n) is 8.47. The minimum absolute atomic E-state index is 0.0456. The highest BCUT2D eigenvalue weighted by atomic mass is 31.2. The predicted octanol–water partition coefficient (Wildman–Crippen LogP) is 11.6. The van der Waals surface area contributed by atoms with Gasteiger partial charge in [0.1, 0.15) is 6.61 Å². The molecule has 0 saturated heterocycles. The van der Waals surface area contributed by atoms with Gasteiger partial charge >= 0.3 is 19.8 Å². The van der Waals surface area contributed by atoms with Crippen molar-refractivity contribution in [2.45, 2.75) is 180 Å². The molecule has 0 aliphatic rings. The van der Waals surface area contributed by atoms with E-state index < -0.39 is 32.5 Å². The molecule has 3 N–H and O–H groups in total. The number of carbonyl (C=O) groups is 2. The Labute approximate surface area is 317 Å². The zero-order valence-electron chi connectivity index (χ0n) is 33.0. The SMILES string of the molecule is CCCCCCCCC/C=C/C/C=C/C/C=C/C/C=C/CCCC(=O)OC[C@@H](COP(=O)(O)OCCN)OC(=O)CCCCCCCCCCCC. The van der Waals surface area contributed by atoms with Crippen molar-refractivity contribution in [3.63, 3.8) is 0 Å². The molecular weight excluding hydrogens is 677 g/mol. The van der Waals surface area contributed by atoms with E-state index in [1.807, 2.05) is 0 Å². The molecule has 0 radical (unpaired) electrons. The van der Waals surface area contributed by atoms with Crippen LogP contribution in [0.3, 0.4) is 0 Å². The number of hydrogen-bond donors (Lipinski definition) is 2. The number of phosphoric ester groups is 1. The molecule has 2 atom stereocenters. The van der Waals surface area contributed by atoms with Crippen molar-refractivity contribution in [1.29, 1.82) is 0 Å². The maximum Gasteiger partial charge on any atom is 0.472 e. The molecule has 0 rings (SSSR count). The lowest BCUT2D eigenvalue weighted by atomic mass is 10.1. The summed E-state index contributed by atoms with van der Waals surface area (Å²) in [7, 11) is -4.38. The Morgan fingerprint density at radius 1 is 0.577 bits per heavy atom. The van der Waals surface area contributed by atoms with E-state index in [1.165, 1.54) is 89.9 Å². The van der Waals surface area contributed by atoms with Gasteiger partial charge in [-0.1, -0.05) is 159 Å². The van der Waals surface area contributed by atoms with Gasteiger partial charge in [-0.2, -0.15) is 0 Å². The van der Waals surface area contributed by atoms with E-state index in [0.29, 0.717) is 12.8 Å². The van der Waals surface area contributed by atoms with E-state index in [2.05, 4.69) is 62.5 Å². The molecule has 0 aliphatic heterocycles.